The van der Waals surface area contributed by atoms with Gasteiger partial charge in [-0.1, -0.05) is 17.7 Å². The zero-order chi connectivity index (χ0) is 24.7. The Balaban J connectivity index is 1.65. The first-order valence-corrected chi connectivity index (χ1v) is 14.0. The van der Waals surface area contributed by atoms with Gasteiger partial charge in [-0.25, -0.2) is 4.98 Å². The van der Waals surface area contributed by atoms with Gasteiger partial charge in [-0.15, -0.1) is 0 Å². The van der Waals surface area contributed by atoms with E-state index in [1.807, 2.05) is 6.07 Å². The Labute approximate surface area is 206 Å². The van der Waals surface area contributed by atoms with Crippen molar-refractivity contribution in [2.75, 3.05) is 38.1 Å². The van der Waals surface area contributed by atoms with E-state index in [-0.39, 0.29) is 5.54 Å². The minimum Gasteiger partial charge on any atom is -0.495 e. The van der Waals surface area contributed by atoms with E-state index in [0.29, 0.717) is 27.8 Å². The van der Waals surface area contributed by atoms with Crippen LogP contribution in [0.4, 0.5) is 23.1 Å². The minimum atomic E-state index is -2.53. The number of likely N-dealkylation sites (N-methyl/N-ethyl adjacent to an activating group) is 1. The van der Waals surface area contributed by atoms with E-state index in [0.717, 1.165) is 24.4 Å². The van der Waals surface area contributed by atoms with Crippen LogP contribution in [0.3, 0.4) is 0 Å². The third-order valence-electron chi connectivity index (χ3n) is 6.25. The number of nitrogens with zero attached hydrogens (tertiary/aromatic N) is 3. The van der Waals surface area contributed by atoms with Gasteiger partial charge < -0.3 is 19.9 Å². The van der Waals surface area contributed by atoms with Gasteiger partial charge >= 0.3 is 0 Å². The number of ether oxygens (including phenoxy) is 1. The van der Waals surface area contributed by atoms with Crippen molar-refractivity contribution in [3.63, 3.8) is 0 Å². The zero-order valence-electron chi connectivity index (χ0n) is 20.4. The fourth-order valence-corrected chi connectivity index (χ4v) is 5.29. The van der Waals surface area contributed by atoms with Crippen LogP contribution in [0.2, 0.25) is 5.02 Å². The highest BCUT2D eigenvalue weighted by Crippen LogP contribution is 2.39. The van der Waals surface area contributed by atoms with Crippen molar-refractivity contribution in [1.82, 2.24) is 14.9 Å². The van der Waals surface area contributed by atoms with Crippen molar-refractivity contribution in [1.29, 1.82) is 0 Å². The highest BCUT2D eigenvalue weighted by atomic mass is 35.5. The van der Waals surface area contributed by atoms with Crippen LogP contribution in [0.1, 0.15) is 25.0 Å². The molecule has 2 aromatic carbocycles. The first-order chi connectivity index (χ1) is 16.0. The summed E-state index contributed by atoms with van der Waals surface area (Å²) in [7, 11) is 1.27. The van der Waals surface area contributed by atoms with Crippen LogP contribution in [-0.2, 0) is 17.5 Å². The molecular weight excluding hydrogens is 469 g/mol. The number of hydrogen-bond acceptors (Lipinski definition) is 7. The number of fused-ring (bicyclic) bond motifs is 1. The highest BCUT2D eigenvalue weighted by Gasteiger charge is 2.31. The molecule has 9 heteroatoms. The summed E-state index contributed by atoms with van der Waals surface area (Å²) >= 11 is 6.39. The number of rotatable bonds is 6. The van der Waals surface area contributed by atoms with Gasteiger partial charge in [0.05, 0.1) is 24.7 Å². The summed E-state index contributed by atoms with van der Waals surface area (Å²) in [5, 5.41) is 7.53. The number of anilines is 4. The van der Waals surface area contributed by atoms with Gasteiger partial charge in [0.2, 0.25) is 5.95 Å². The molecule has 2 N–H and O–H groups in total. The molecule has 34 heavy (non-hydrogen) atoms. The third kappa shape index (κ3) is 5.07. The van der Waals surface area contributed by atoms with E-state index in [9.17, 15) is 4.57 Å². The molecule has 0 saturated heterocycles. The van der Waals surface area contributed by atoms with Gasteiger partial charge in [0.15, 0.2) is 5.82 Å². The topological polar surface area (TPSA) is 79.4 Å². The Kier molecular flexibility index (Phi) is 6.65. The van der Waals surface area contributed by atoms with Crippen LogP contribution in [0.5, 0.6) is 5.75 Å². The second-order valence-corrected chi connectivity index (χ2v) is 13.2. The lowest BCUT2D eigenvalue weighted by molar-refractivity contribution is 0.133. The van der Waals surface area contributed by atoms with Gasteiger partial charge in [-0.3, -0.25) is 4.90 Å². The quantitative estimate of drug-likeness (QED) is 0.438. The van der Waals surface area contributed by atoms with Crippen LogP contribution in [0.25, 0.3) is 0 Å². The average molecular weight is 499 g/mol. The second-order valence-electron chi connectivity index (χ2n) is 9.60. The molecule has 0 fully saturated rings. The molecule has 1 aromatic heterocycles. The van der Waals surface area contributed by atoms with E-state index < -0.39 is 7.14 Å². The van der Waals surface area contributed by atoms with Crippen molar-refractivity contribution >= 4 is 47.2 Å². The molecule has 2 heterocycles. The fraction of sp³-hybridized carbons (Fsp3) is 0.360. The average Bonchev–Trinajstić information content (AvgIpc) is 2.76. The van der Waals surface area contributed by atoms with Crippen LogP contribution >= 0.6 is 18.7 Å². The lowest BCUT2D eigenvalue weighted by atomic mass is 9.85. The SMILES string of the molecule is COc1cc2c(cc1Nc1ncc(Cl)c(Nc3cc[c]cc3P(C)(C)=O)n1)CN(C)C(C)(C)C2. The molecule has 0 spiro atoms. The Morgan fingerprint density at radius 3 is 2.68 bits per heavy atom. The first-order valence-electron chi connectivity index (χ1n) is 11.0. The molecule has 7 nitrogen and oxygen atoms in total. The van der Waals surface area contributed by atoms with Gasteiger partial charge in [-0.05, 0) is 82.1 Å². The summed E-state index contributed by atoms with van der Waals surface area (Å²) in [5.74, 6) is 1.51. The lowest BCUT2D eigenvalue weighted by Crippen LogP contribution is -2.45. The number of methoxy groups -OCH3 is 1. The predicted octanol–water partition coefficient (Wildman–Crippen LogP) is 5.44. The van der Waals surface area contributed by atoms with Crippen molar-refractivity contribution in [3.8, 4) is 5.75 Å². The van der Waals surface area contributed by atoms with Gasteiger partial charge in [0, 0.05) is 17.4 Å². The maximum atomic E-state index is 12.7. The molecule has 3 aromatic rings. The first kappa shape index (κ1) is 24.5. The predicted molar refractivity (Wildman–Crippen MR) is 140 cm³/mol. The number of nitrogens with one attached hydrogen (secondary N) is 2. The molecular formula is C25H30ClN5O2P. The Morgan fingerprint density at radius 2 is 1.97 bits per heavy atom. The molecule has 0 atom stereocenters. The smallest absolute Gasteiger partial charge is 0.229 e. The van der Waals surface area contributed by atoms with Crippen molar-refractivity contribution in [2.45, 2.75) is 32.4 Å². The van der Waals surface area contributed by atoms with Crippen LogP contribution < -0.4 is 20.7 Å². The zero-order valence-corrected chi connectivity index (χ0v) is 22.0. The van der Waals surface area contributed by atoms with Gasteiger partial charge in [0.25, 0.3) is 0 Å². The van der Waals surface area contributed by atoms with Crippen molar-refractivity contribution in [2.24, 2.45) is 0 Å². The molecule has 0 aliphatic carbocycles. The van der Waals surface area contributed by atoms with E-state index in [4.69, 9.17) is 16.3 Å². The lowest BCUT2D eigenvalue weighted by Gasteiger charge is -2.41. The minimum absolute atomic E-state index is 0.0851. The largest absolute Gasteiger partial charge is 0.495 e. The number of halogens is 1. The molecule has 179 valence electrons. The van der Waals surface area contributed by atoms with Crippen LogP contribution in [0.15, 0.2) is 36.5 Å². The molecule has 1 radical (unpaired) electrons. The summed E-state index contributed by atoms with van der Waals surface area (Å²) in [6, 6.07) is 12.5. The number of benzene rings is 2. The standard InChI is InChI=1S/C25H30ClN5O2P/c1-25(2)13-16-12-21(33-4)20(11-17(16)15-31(25)3)29-24-27-14-18(26)23(30-24)28-19-9-7-8-10-22(19)34(5,6)32/h7,9-12,14H,13,15H2,1-6H3,(H2,27,28,29,30). The van der Waals surface area contributed by atoms with E-state index in [1.165, 1.54) is 17.3 Å². The van der Waals surface area contributed by atoms with E-state index in [1.54, 1.807) is 32.6 Å². The van der Waals surface area contributed by atoms with Crippen molar-refractivity contribution < 1.29 is 9.30 Å². The second kappa shape index (κ2) is 9.21. The summed E-state index contributed by atoms with van der Waals surface area (Å²) in [6.45, 7) is 8.78. The summed E-state index contributed by atoms with van der Waals surface area (Å²) < 4.78 is 18.4. The molecule has 0 amide bonds. The highest BCUT2D eigenvalue weighted by molar-refractivity contribution is 7.70. The summed E-state index contributed by atoms with van der Waals surface area (Å²) in [6.07, 6.45) is 2.48. The summed E-state index contributed by atoms with van der Waals surface area (Å²) in [5.41, 5.74) is 4.06. The molecule has 0 bridgehead atoms. The molecule has 1 aliphatic rings. The maximum Gasteiger partial charge on any atom is 0.229 e. The Hall–Kier alpha value is -2.60. The monoisotopic (exact) mass is 498 g/mol. The van der Waals surface area contributed by atoms with Crippen LogP contribution in [-0.4, -0.2) is 47.9 Å². The van der Waals surface area contributed by atoms with Gasteiger partial charge in [-0.2, -0.15) is 4.98 Å². The molecule has 4 rings (SSSR count). The Bertz CT molecular complexity index is 1270. The maximum absolute atomic E-state index is 12.7. The number of hydrogen-bond donors (Lipinski definition) is 2. The summed E-state index contributed by atoms with van der Waals surface area (Å²) in [4.78, 5) is 11.3. The third-order valence-corrected chi connectivity index (χ3v) is 8.06. The molecule has 0 unspecified atom stereocenters. The van der Waals surface area contributed by atoms with Crippen LogP contribution in [0, 0.1) is 6.07 Å². The molecule has 0 saturated carbocycles. The Morgan fingerprint density at radius 1 is 1.21 bits per heavy atom. The fourth-order valence-electron chi connectivity index (χ4n) is 4.05. The molecule has 1 aliphatic heterocycles. The van der Waals surface area contributed by atoms with E-state index in [2.05, 4.69) is 64.6 Å². The van der Waals surface area contributed by atoms with Gasteiger partial charge in [0.1, 0.15) is 17.9 Å². The van der Waals surface area contributed by atoms with Crippen molar-refractivity contribution in [3.05, 3.63) is 58.7 Å². The number of aromatic nitrogens is 2. The van der Waals surface area contributed by atoms with E-state index >= 15 is 0 Å². The normalized spacial score (nSPS) is 15.5.